The zero-order valence-electron chi connectivity index (χ0n) is 13.0. The van der Waals surface area contributed by atoms with Crippen molar-refractivity contribution < 1.29 is 0 Å². The van der Waals surface area contributed by atoms with Crippen LogP contribution < -0.4 is 16.6 Å². The van der Waals surface area contributed by atoms with Crippen LogP contribution in [0.5, 0.6) is 0 Å². The lowest BCUT2D eigenvalue weighted by Crippen LogP contribution is -2.26. The van der Waals surface area contributed by atoms with Gasteiger partial charge in [-0.25, -0.2) is 15.8 Å². The van der Waals surface area contributed by atoms with Gasteiger partial charge in [-0.2, -0.15) is 0 Å². The summed E-state index contributed by atoms with van der Waals surface area (Å²) in [5.41, 5.74) is 3.69. The predicted molar refractivity (Wildman–Crippen MR) is 83.5 cm³/mol. The van der Waals surface area contributed by atoms with Gasteiger partial charge in [0.2, 0.25) is 0 Å². The summed E-state index contributed by atoms with van der Waals surface area (Å²) in [6.45, 7) is 8.79. The summed E-state index contributed by atoms with van der Waals surface area (Å²) in [6, 6.07) is 0.499. The summed E-state index contributed by atoms with van der Waals surface area (Å²) in [7, 11) is 0. The molecule has 0 aliphatic heterocycles. The summed E-state index contributed by atoms with van der Waals surface area (Å²) in [5.74, 6) is 9.54. The molecule has 1 saturated carbocycles. The number of nitrogens with zero attached hydrogens (tertiary/aromatic N) is 2. The molecular formula is C15H27N5. The zero-order chi connectivity index (χ0) is 14.7. The Balaban J connectivity index is 2.23. The Morgan fingerprint density at radius 2 is 1.90 bits per heavy atom. The van der Waals surface area contributed by atoms with Gasteiger partial charge >= 0.3 is 0 Å². The van der Waals surface area contributed by atoms with Gasteiger partial charge in [0.05, 0.1) is 0 Å². The topological polar surface area (TPSA) is 75.9 Å². The highest BCUT2D eigenvalue weighted by Crippen LogP contribution is 2.34. The van der Waals surface area contributed by atoms with E-state index in [2.05, 4.69) is 41.5 Å². The Bertz CT molecular complexity index is 460. The van der Waals surface area contributed by atoms with Gasteiger partial charge < -0.3 is 10.7 Å². The monoisotopic (exact) mass is 277 g/mol. The van der Waals surface area contributed by atoms with Crippen LogP contribution in [-0.2, 0) is 6.42 Å². The lowest BCUT2D eigenvalue weighted by molar-refractivity contribution is 0.435. The normalized spacial score (nSPS) is 25.8. The van der Waals surface area contributed by atoms with Gasteiger partial charge in [-0.05, 0) is 38.0 Å². The number of hydrazine groups is 1. The highest BCUT2D eigenvalue weighted by atomic mass is 15.3. The van der Waals surface area contributed by atoms with Crippen LogP contribution >= 0.6 is 0 Å². The SMILES string of the molecule is CCCc1nc(NN)c(C)c(NC2CCC(C)C2C)n1. The van der Waals surface area contributed by atoms with E-state index < -0.39 is 0 Å². The Hall–Kier alpha value is -1.36. The lowest BCUT2D eigenvalue weighted by atomic mass is 9.98. The van der Waals surface area contributed by atoms with Gasteiger partial charge in [0, 0.05) is 18.0 Å². The molecule has 1 aliphatic rings. The number of rotatable bonds is 5. The minimum atomic E-state index is 0.499. The van der Waals surface area contributed by atoms with Crippen molar-refractivity contribution in [3.05, 3.63) is 11.4 Å². The third-order valence-electron chi connectivity index (χ3n) is 4.59. The summed E-state index contributed by atoms with van der Waals surface area (Å²) < 4.78 is 0. The van der Waals surface area contributed by atoms with Crippen molar-refractivity contribution in [3.63, 3.8) is 0 Å². The van der Waals surface area contributed by atoms with Crippen LogP contribution in [0.25, 0.3) is 0 Å². The fraction of sp³-hybridized carbons (Fsp3) is 0.733. The second-order valence-electron chi connectivity index (χ2n) is 6.02. The number of nitrogens with two attached hydrogens (primary N) is 1. The Morgan fingerprint density at radius 1 is 1.20 bits per heavy atom. The van der Waals surface area contributed by atoms with Gasteiger partial charge in [0.15, 0.2) is 0 Å². The van der Waals surface area contributed by atoms with Crippen molar-refractivity contribution in [1.82, 2.24) is 9.97 Å². The predicted octanol–water partition coefficient (Wildman–Crippen LogP) is 2.87. The van der Waals surface area contributed by atoms with Gasteiger partial charge in [-0.15, -0.1) is 0 Å². The van der Waals surface area contributed by atoms with E-state index in [-0.39, 0.29) is 0 Å². The molecule has 0 saturated heterocycles. The van der Waals surface area contributed by atoms with Crippen LogP contribution in [0.15, 0.2) is 0 Å². The molecule has 4 N–H and O–H groups in total. The summed E-state index contributed by atoms with van der Waals surface area (Å²) >= 11 is 0. The summed E-state index contributed by atoms with van der Waals surface area (Å²) in [4.78, 5) is 9.14. The first-order valence-electron chi connectivity index (χ1n) is 7.67. The molecule has 0 amide bonds. The van der Waals surface area contributed by atoms with Gasteiger partial charge in [-0.3, -0.25) is 0 Å². The molecule has 1 fully saturated rings. The number of aryl methyl sites for hydroxylation is 1. The number of nitrogens with one attached hydrogen (secondary N) is 2. The number of anilines is 2. The van der Waals surface area contributed by atoms with E-state index in [1.54, 1.807) is 0 Å². The van der Waals surface area contributed by atoms with Crippen LogP contribution in [0, 0.1) is 18.8 Å². The van der Waals surface area contributed by atoms with E-state index >= 15 is 0 Å². The van der Waals surface area contributed by atoms with E-state index in [0.717, 1.165) is 41.8 Å². The Labute approximate surface area is 121 Å². The molecule has 5 nitrogen and oxygen atoms in total. The zero-order valence-corrected chi connectivity index (χ0v) is 13.0. The molecule has 3 unspecified atom stereocenters. The van der Waals surface area contributed by atoms with Crippen molar-refractivity contribution in [2.45, 2.75) is 59.4 Å². The third-order valence-corrected chi connectivity index (χ3v) is 4.59. The van der Waals surface area contributed by atoms with Gasteiger partial charge in [-0.1, -0.05) is 20.8 Å². The van der Waals surface area contributed by atoms with E-state index in [1.807, 2.05) is 6.92 Å². The first-order valence-corrected chi connectivity index (χ1v) is 7.67. The number of hydrogen-bond donors (Lipinski definition) is 3. The fourth-order valence-electron chi connectivity index (χ4n) is 2.92. The minimum Gasteiger partial charge on any atom is -0.367 e. The molecule has 112 valence electrons. The Kier molecular flexibility index (Phi) is 4.81. The molecular weight excluding hydrogens is 250 g/mol. The second kappa shape index (κ2) is 6.39. The van der Waals surface area contributed by atoms with Crippen molar-refractivity contribution in [1.29, 1.82) is 0 Å². The van der Waals surface area contributed by atoms with Crippen molar-refractivity contribution in [2.75, 3.05) is 10.7 Å². The minimum absolute atomic E-state index is 0.499. The first-order chi connectivity index (χ1) is 9.56. The highest BCUT2D eigenvalue weighted by Gasteiger charge is 2.30. The van der Waals surface area contributed by atoms with Crippen molar-refractivity contribution in [2.24, 2.45) is 17.7 Å². The van der Waals surface area contributed by atoms with E-state index in [4.69, 9.17) is 5.84 Å². The quantitative estimate of drug-likeness (QED) is 0.570. The van der Waals surface area contributed by atoms with Crippen LogP contribution in [-0.4, -0.2) is 16.0 Å². The van der Waals surface area contributed by atoms with Gasteiger partial charge in [0.1, 0.15) is 17.5 Å². The Morgan fingerprint density at radius 3 is 2.45 bits per heavy atom. The summed E-state index contributed by atoms with van der Waals surface area (Å²) in [5, 5.41) is 3.62. The number of nitrogen functional groups attached to an aromatic ring is 1. The maximum absolute atomic E-state index is 5.57. The summed E-state index contributed by atoms with van der Waals surface area (Å²) in [6.07, 6.45) is 4.40. The van der Waals surface area contributed by atoms with E-state index in [9.17, 15) is 0 Å². The lowest BCUT2D eigenvalue weighted by Gasteiger charge is -2.22. The molecule has 0 aromatic carbocycles. The van der Waals surface area contributed by atoms with Crippen molar-refractivity contribution >= 4 is 11.6 Å². The van der Waals surface area contributed by atoms with E-state index in [0.29, 0.717) is 12.0 Å². The largest absolute Gasteiger partial charge is 0.367 e. The molecule has 1 aromatic heterocycles. The van der Waals surface area contributed by atoms with Crippen LogP contribution in [0.3, 0.4) is 0 Å². The molecule has 2 rings (SSSR count). The third kappa shape index (κ3) is 3.03. The molecule has 20 heavy (non-hydrogen) atoms. The molecule has 0 bridgehead atoms. The van der Waals surface area contributed by atoms with Crippen LogP contribution in [0.1, 0.15) is 51.4 Å². The van der Waals surface area contributed by atoms with Crippen LogP contribution in [0.2, 0.25) is 0 Å². The highest BCUT2D eigenvalue weighted by molar-refractivity contribution is 5.57. The fourth-order valence-corrected chi connectivity index (χ4v) is 2.92. The standard InChI is InChI=1S/C15H27N5/c1-5-6-13-18-14(11(4)15(19-13)20-16)17-12-8-7-9(2)10(12)3/h9-10,12H,5-8,16H2,1-4H3,(H2,17,18,19,20). The molecule has 1 aliphatic carbocycles. The average Bonchev–Trinajstić information content (AvgIpc) is 2.74. The number of aromatic nitrogens is 2. The average molecular weight is 277 g/mol. The van der Waals surface area contributed by atoms with Crippen molar-refractivity contribution in [3.8, 4) is 0 Å². The molecule has 5 heteroatoms. The van der Waals surface area contributed by atoms with Gasteiger partial charge in [0.25, 0.3) is 0 Å². The number of hydrogen-bond acceptors (Lipinski definition) is 5. The first kappa shape index (κ1) is 15.0. The molecule has 1 aromatic rings. The maximum atomic E-state index is 5.57. The molecule has 3 atom stereocenters. The smallest absolute Gasteiger partial charge is 0.148 e. The molecule has 1 heterocycles. The maximum Gasteiger partial charge on any atom is 0.148 e. The second-order valence-corrected chi connectivity index (χ2v) is 6.02. The molecule has 0 spiro atoms. The molecule has 0 radical (unpaired) electrons. The van der Waals surface area contributed by atoms with E-state index in [1.165, 1.54) is 12.8 Å². The van der Waals surface area contributed by atoms with Crippen LogP contribution in [0.4, 0.5) is 11.6 Å².